The van der Waals surface area contributed by atoms with Crippen molar-refractivity contribution in [2.24, 2.45) is 0 Å². The van der Waals surface area contributed by atoms with Crippen LogP contribution in [0, 0.1) is 51.0 Å². The van der Waals surface area contributed by atoms with Gasteiger partial charge in [0.05, 0.1) is 46.5 Å². The molecule has 0 radical (unpaired) electrons. The molecule has 0 bridgehead atoms. The largest absolute Gasteiger partial charge is 0.485 e. The zero-order valence-electron chi connectivity index (χ0n) is 43.6. The van der Waals surface area contributed by atoms with Crippen LogP contribution in [0.4, 0.5) is 17.6 Å². The van der Waals surface area contributed by atoms with Gasteiger partial charge in [-0.05, 0) is 116 Å². The molecule has 0 amide bonds. The maximum atomic E-state index is 14.0. The van der Waals surface area contributed by atoms with Gasteiger partial charge in [-0.2, -0.15) is 0 Å². The number of aryl methyl sites for hydroxylation is 4. The number of rotatable bonds is 14. The van der Waals surface area contributed by atoms with Gasteiger partial charge in [0, 0.05) is 71.6 Å². The number of nitrogens with zero attached hydrogens (tertiary/aromatic N) is 10. The first-order valence-corrected chi connectivity index (χ1v) is 25.5. The van der Waals surface area contributed by atoms with Gasteiger partial charge in [0.15, 0.2) is 23.3 Å². The standard InChI is InChI=1S/2C28H26ClF2N5O3/c2*1-14-10-32-20(25-18(16-5-6-16)12-34-27(35-25)28(3,4)38)9-22(14)36-15(2)7-23(24(29)26(36)37)39-13-21-19(31)8-17(30)11-33-21/h2*7-12,16,38H,5-6,13H2,1-4H3. The second-order valence-corrected chi connectivity index (χ2v) is 21.1. The van der Waals surface area contributed by atoms with Crippen molar-refractivity contribution in [1.82, 2.24) is 49.0 Å². The molecule has 8 heterocycles. The molecule has 2 aliphatic rings. The van der Waals surface area contributed by atoms with Crippen molar-refractivity contribution in [3.8, 4) is 45.6 Å². The lowest BCUT2D eigenvalue weighted by atomic mass is 10.0. The minimum absolute atomic E-state index is 0.0505. The highest BCUT2D eigenvalue weighted by Gasteiger charge is 2.33. The molecule has 0 spiro atoms. The van der Waals surface area contributed by atoms with Crippen molar-refractivity contribution in [3.63, 3.8) is 0 Å². The second-order valence-electron chi connectivity index (χ2n) is 20.3. The molecule has 10 rings (SSSR count). The fourth-order valence-corrected chi connectivity index (χ4v) is 8.88. The lowest BCUT2D eigenvalue weighted by molar-refractivity contribution is 0.0683. The average Bonchev–Trinajstić information content (AvgIpc) is 4.43. The molecule has 0 atom stereocenters. The molecule has 0 saturated heterocycles. The monoisotopic (exact) mass is 1110 g/mol. The van der Waals surface area contributed by atoms with Crippen molar-refractivity contribution in [3.05, 3.63) is 184 Å². The highest BCUT2D eigenvalue weighted by molar-refractivity contribution is 6.32. The SMILES string of the molecule is Cc1cnc(-c2nc(C(C)(C)O)ncc2C2CC2)cc1-n1c(C)cc(OCc2ncc(F)cc2F)c(Cl)c1=O.Cc1cnc(-c2nc(C(C)(C)O)ncc2C2CC2)cc1-n1c(C)cc(OCc2ncc(F)cc2F)c(Cl)c1=O. The molecule has 0 aliphatic heterocycles. The summed E-state index contributed by atoms with van der Waals surface area (Å²) in [6.45, 7) is 12.9. The molecule has 2 N–H and O–H groups in total. The summed E-state index contributed by atoms with van der Waals surface area (Å²) in [7, 11) is 0. The normalized spacial score (nSPS) is 13.5. The number of aromatic nitrogens is 10. The number of halogens is 6. The van der Waals surface area contributed by atoms with Crippen LogP contribution in [-0.2, 0) is 24.4 Å². The van der Waals surface area contributed by atoms with E-state index in [9.17, 15) is 37.4 Å². The van der Waals surface area contributed by atoms with Crippen LogP contribution < -0.4 is 20.6 Å². The molecule has 2 saturated carbocycles. The van der Waals surface area contributed by atoms with Crippen molar-refractivity contribution in [2.45, 2.75) is 117 Å². The van der Waals surface area contributed by atoms with Crippen LogP contribution in [0.5, 0.6) is 11.5 Å². The topological polar surface area (TPSA) is 206 Å². The van der Waals surface area contributed by atoms with Crippen LogP contribution in [0.25, 0.3) is 34.2 Å². The number of aliphatic hydroxyl groups is 2. The third kappa shape index (κ3) is 11.8. The molecular formula is C56H52Cl2F4N10O6. The quantitative estimate of drug-likeness (QED) is 0.0972. The molecule has 22 heteroatoms. The summed E-state index contributed by atoms with van der Waals surface area (Å²) in [6.07, 6.45) is 12.6. The van der Waals surface area contributed by atoms with Crippen molar-refractivity contribution >= 4 is 23.2 Å². The van der Waals surface area contributed by atoms with Crippen molar-refractivity contribution in [1.29, 1.82) is 0 Å². The lowest BCUT2D eigenvalue weighted by Gasteiger charge is -2.19. The number of hydrogen-bond acceptors (Lipinski definition) is 14. The van der Waals surface area contributed by atoms with Gasteiger partial charge in [-0.1, -0.05) is 23.2 Å². The molecular weight excluding hydrogens is 1060 g/mol. The van der Waals surface area contributed by atoms with E-state index in [1.807, 2.05) is 13.8 Å². The van der Waals surface area contributed by atoms with Gasteiger partial charge >= 0.3 is 0 Å². The Morgan fingerprint density at radius 1 is 0.551 bits per heavy atom. The Labute approximate surface area is 454 Å². The average molecular weight is 1110 g/mol. The van der Waals surface area contributed by atoms with E-state index in [1.165, 1.54) is 9.13 Å². The summed E-state index contributed by atoms with van der Waals surface area (Å²) >= 11 is 12.8. The van der Waals surface area contributed by atoms with Crippen molar-refractivity contribution in [2.75, 3.05) is 0 Å². The van der Waals surface area contributed by atoms with E-state index >= 15 is 0 Å². The molecule has 0 unspecified atom stereocenters. The first-order chi connectivity index (χ1) is 36.9. The van der Waals surface area contributed by atoms with Gasteiger partial charge in [0.1, 0.15) is 69.0 Å². The minimum atomic E-state index is -1.24. The Morgan fingerprint density at radius 2 is 0.923 bits per heavy atom. The smallest absolute Gasteiger partial charge is 0.277 e. The second kappa shape index (κ2) is 21.7. The molecule has 404 valence electrons. The summed E-state index contributed by atoms with van der Waals surface area (Å²) < 4.78 is 68.4. The Balaban J connectivity index is 0.000000190. The van der Waals surface area contributed by atoms with Gasteiger partial charge in [-0.15, -0.1) is 0 Å². The number of ether oxygens (including phenoxy) is 2. The summed E-state index contributed by atoms with van der Waals surface area (Å²) in [6, 6.07) is 8.07. The summed E-state index contributed by atoms with van der Waals surface area (Å²) in [4.78, 5) is 61.5. The Morgan fingerprint density at radius 3 is 1.26 bits per heavy atom. The summed E-state index contributed by atoms with van der Waals surface area (Å²) in [5.74, 6) is -2.05. The third-order valence-electron chi connectivity index (χ3n) is 13.0. The van der Waals surface area contributed by atoms with Gasteiger partial charge in [0.2, 0.25) is 0 Å². The number of pyridine rings is 6. The summed E-state index contributed by atoms with van der Waals surface area (Å²) in [5, 5.41) is 20.6. The molecule has 8 aromatic heterocycles. The Kier molecular flexibility index (Phi) is 15.4. The van der Waals surface area contributed by atoms with E-state index in [-0.39, 0.29) is 57.8 Å². The van der Waals surface area contributed by atoms with Gasteiger partial charge < -0.3 is 19.7 Å². The van der Waals surface area contributed by atoms with E-state index in [0.717, 1.165) is 60.3 Å². The molecule has 2 aliphatic carbocycles. The van der Waals surface area contributed by atoms with E-state index in [0.29, 0.717) is 69.5 Å². The van der Waals surface area contributed by atoms with Crippen LogP contribution in [0.15, 0.2) is 83.2 Å². The minimum Gasteiger partial charge on any atom is -0.485 e. The fraction of sp³-hybridized carbons (Fsp3) is 0.321. The van der Waals surface area contributed by atoms with Crippen LogP contribution >= 0.6 is 23.2 Å². The van der Waals surface area contributed by atoms with Crippen LogP contribution in [0.3, 0.4) is 0 Å². The van der Waals surface area contributed by atoms with Gasteiger partial charge in [-0.25, -0.2) is 37.5 Å². The van der Waals surface area contributed by atoms with Crippen LogP contribution in [0.1, 0.15) is 122 Å². The van der Waals surface area contributed by atoms with Gasteiger partial charge in [-0.3, -0.25) is 38.7 Å². The van der Waals surface area contributed by atoms with E-state index < -0.39 is 45.6 Å². The zero-order chi connectivity index (χ0) is 56.1. The highest BCUT2D eigenvalue weighted by atomic mass is 35.5. The third-order valence-corrected chi connectivity index (χ3v) is 13.7. The first kappa shape index (κ1) is 55.2. The molecule has 0 aromatic carbocycles. The maximum Gasteiger partial charge on any atom is 0.277 e. The number of hydrogen-bond donors (Lipinski definition) is 2. The molecule has 16 nitrogen and oxygen atoms in total. The summed E-state index contributed by atoms with van der Waals surface area (Å²) in [5.41, 5.74) is 3.91. The van der Waals surface area contributed by atoms with Crippen LogP contribution in [-0.4, -0.2) is 59.2 Å². The highest BCUT2D eigenvalue weighted by Crippen LogP contribution is 2.45. The van der Waals surface area contributed by atoms with Crippen molar-refractivity contribution < 1.29 is 37.2 Å². The first-order valence-electron chi connectivity index (χ1n) is 24.7. The Hall–Kier alpha value is -7.52. The molecule has 78 heavy (non-hydrogen) atoms. The van der Waals surface area contributed by atoms with Crippen LogP contribution in [0.2, 0.25) is 10.0 Å². The Bertz CT molecular complexity index is 3540. The van der Waals surface area contributed by atoms with E-state index in [1.54, 1.807) is 90.6 Å². The van der Waals surface area contributed by atoms with E-state index in [4.69, 9.17) is 32.7 Å². The predicted molar refractivity (Wildman–Crippen MR) is 282 cm³/mol. The zero-order valence-corrected chi connectivity index (χ0v) is 45.1. The fourth-order valence-electron chi connectivity index (χ4n) is 8.50. The molecule has 8 aromatic rings. The van der Waals surface area contributed by atoms with Gasteiger partial charge in [0.25, 0.3) is 11.1 Å². The molecule has 2 fully saturated rings. The van der Waals surface area contributed by atoms with E-state index in [2.05, 4.69) is 39.9 Å². The predicted octanol–water partition coefficient (Wildman–Crippen LogP) is 10.6. The lowest BCUT2D eigenvalue weighted by Crippen LogP contribution is -2.23. The maximum absolute atomic E-state index is 14.0.